The second-order valence-corrected chi connectivity index (χ2v) is 5.92. The van der Waals surface area contributed by atoms with Crippen LogP contribution in [0.1, 0.15) is 51.8 Å². The van der Waals surface area contributed by atoms with Gasteiger partial charge in [0.2, 0.25) is 0 Å². The predicted octanol–water partition coefficient (Wildman–Crippen LogP) is 2.16. The number of hydrogen-bond acceptors (Lipinski definition) is 3. The first-order valence-electron chi connectivity index (χ1n) is 6.02. The molecule has 0 amide bonds. The molecule has 0 aliphatic heterocycles. The van der Waals surface area contributed by atoms with Crippen LogP contribution < -0.4 is 0 Å². The summed E-state index contributed by atoms with van der Waals surface area (Å²) in [6.45, 7) is 6.92. The van der Waals surface area contributed by atoms with Crippen molar-refractivity contribution >= 4 is 0 Å². The fraction of sp³-hybridized carbons (Fsp3) is 0.833. The van der Waals surface area contributed by atoms with Gasteiger partial charge in [0.25, 0.3) is 0 Å². The third-order valence-electron chi connectivity index (χ3n) is 3.46. The summed E-state index contributed by atoms with van der Waals surface area (Å²) in [5.41, 5.74) is 1.05. The molecule has 1 aromatic heterocycles. The van der Waals surface area contributed by atoms with Gasteiger partial charge in [0.05, 0.1) is 18.8 Å². The number of nitrogens with zero attached hydrogens (tertiary/aromatic N) is 3. The molecule has 1 aliphatic rings. The van der Waals surface area contributed by atoms with Crippen molar-refractivity contribution in [2.45, 2.75) is 52.7 Å². The molecule has 2 atom stereocenters. The monoisotopic (exact) mass is 223 g/mol. The first-order chi connectivity index (χ1) is 7.50. The molecule has 1 saturated carbocycles. The minimum Gasteiger partial charge on any atom is -0.390 e. The van der Waals surface area contributed by atoms with Crippen LogP contribution in [0.25, 0.3) is 0 Å². The van der Waals surface area contributed by atoms with Gasteiger partial charge in [0.1, 0.15) is 5.69 Å². The minimum absolute atomic E-state index is 0.0222. The van der Waals surface area contributed by atoms with Gasteiger partial charge in [-0.05, 0) is 30.6 Å². The van der Waals surface area contributed by atoms with E-state index in [0.29, 0.717) is 17.2 Å². The summed E-state index contributed by atoms with van der Waals surface area (Å²) in [5, 5.41) is 17.1. The van der Waals surface area contributed by atoms with E-state index in [4.69, 9.17) is 5.11 Å². The topological polar surface area (TPSA) is 50.9 Å². The molecule has 0 unspecified atom stereocenters. The molecule has 4 heteroatoms. The van der Waals surface area contributed by atoms with Gasteiger partial charge < -0.3 is 5.11 Å². The molecule has 1 aliphatic carbocycles. The number of aromatic nitrogens is 3. The van der Waals surface area contributed by atoms with Crippen molar-refractivity contribution in [1.29, 1.82) is 0 Å². The first kappa shape index (κ1) is 11.6. The van der Waals surface area contributed by atoms with E-state index in [1.807, 2.05) is 10.9 Å². The highest BCUT2D eigenvalue weighted by molar-refractivity contribution is 4.93. The van der Waals surface area contributed by atoms with Gasteiger partial charge in [-0.1, -0.05) is 26.0 Å². The fourth-order valence-electron chi connectivity index (χ4n) is 3.06. The van der Waals surface area contributed by atoms with Crippen molar-refractivity contribution < 1.29 is 5.11 Å². The maximum atomic E-state index is 8.99. The van der Waals surface area contributed by atoms with Gasteiger partial charge in [0.15, 0.2) is 0 Å². The molecule has 1 N–H and O–H groups in total. The quantitative estimate of drug-likeness (QED) is 0.836. The SMILES string of the molecule is C[C@H]1C[C@@H](n2cc(CO)nn2)CC(C)(C)C1. The Hall–Kier alpha value is -0.900. The lowest BCUT2D eigenvalue weighted by Gasteiger charge is -2.38. The van der Waals surface area contributed by atoms with Gasteiger partial charge in [-0.25, -0.2) is 4.68 Å². The zero-order valence-electron chi connectivity index (χ0n) is 10.3. The lowest BCUT2D eigenvalue weighted by Crippen LogP contribution is -2.29. The Morgan fingerprint density at radius 1 is 1.50 bits per heavy atom. The lowest BCUT2D eigenvalue weighted by molar-refractivity contribution is 0.129. The van der Waals surface area contributed by atoms with Crippen LogP contribution in [0.3, 0.4) is 0 Å². The number of hydrogen-bond donors (Lipinski definition) is 1. The van der Waals surface area contributed by atoms with Crippen LogP contribution in [-0.4, -0.2) is 20.1 Å². The van der Waals surface area contributed by atoms with Crippen LogP contribution in [0.2, 0.25) is 0 Å². The molecule has 0 bridgehead atoms. The predicted molar refractivity (Wildman–Crippen MR) is 61.8 cm³/mol. The van der Waals surface area contributed by atoms with E-state index in [2.05, 4.69) is 31.1 Å². The third-order valence-corrected chi connectivity index (χ3v) is 3.46. The Balaban J connectivity index is 2.14. The summed E-state index contributed by atoms with van der Waals surface area (Å²) < 4.78 is 1.93. The normalized spacial score (nSPS) is 29.2. The average molecular weight is 223 g/mol. The standard InChI is InChI=1S/C12H21N3O/c1-9-4-11(6-12(2,3)5-9)15-7-10(8-16)13-14-15/h7,9,11,16H,4-6,8H2,1-3H3/t9-,11+/m0/s1. The summed E-state index contributed by atoms with van der Waals surface area (Å²) >= 11 is 0. The second-order valence-electron chi connectivity index (χ2n) is 5.92. The minimum atomic E-state index is -0.0222. The van der Waals surface area contributed by atoms with Crippen LogP contribution in [0.15, 0.2) is 6.20 Å². The molecular weight excluding hydrogens is 202 g/mol. The Morgan fingerprint density at radius 2 is 2.25 bits per heavy atom. The summed E-state index contributed by atoms with van der Waals surface area (Å²) in [5.74, 6) is 0.732. The first-order valence-corrected chi connectivity index (χ1v) is 6.02. The third kappa shape index (κ3) is 2.43. The van der Waals surface area contributed by atoms with E-state index in [-0.39, 0.29) is 6.61 Å². The van der Waals surface area contributed by atoms with Gasteiger partial charge >= 0.3 is 0 Å². The molecule has 16 heavy (non-hydrogen) atoms. The van der Waals surface area contributed by atoms with Gasteiger partial charge in [0, 0.05) is 0 Å². The van der Waals surface area contributed by atoms with E-state index in [9.17, 15) is 0 Å². The molecule has 1 heterocycles. The number of rotatable bonds is 2. The van der Waals surface area contributed by atoms with Crippen LogP contribution >= 0.6 is 0 Å². The average Bonchev–Trinajstić information content (AvgIpc) is 2.62. The maximum absolute atomic E-state index is 8.99. The zero-order valence-corrected chi connectivity index (χ0v) is 10.3. The lowest BCUT2D eigenvalue weighted by atomic mass is 9.71. The van der Waals surface area contributed by atoms with Crippen molar-refractivity contribution in [3.63, 3.8) is 0 Å². The number of aliphatic hydroxyl groups is 1. The molecule has 2 rings (SSSR count). The summed E-state index contributed by atoms with van der Waals surface area (Å²) in [4.78, 5) is 0. The van der Waals surface area contributed by atoms with Crippen molar-refractivity contribution in [2.75, 3.05) is 0 Å². The molecule has 1 fully saturated rings. The Labute approximate surface area is 96.7 Å². The number of aliphatic hydroxyl groups excluding tert-OH is 1. The molecule has 90 valence electrons. The fourth-order valence-corrected chi connectivity index (χ4v) is 3.06. The highest BCUT2D eigenvalue weighted by Crippen LogP contribution is 2.43. The Morgan fingerprint density at radius 3 is 2.81 bits per heavy atom. The van der Waals surface area contributed by atoms with Gasteiger partial charge in [-0.2, -0.15) is 0 Å². The molecular formula is C12H21N3O. The van der Waals surface area contributed by atoms with Crippen LogP contribution in [0.5, 0.6) is 0 Å². The second kappa shape index (κ2) is 4.17. The van der Waals surface area contributed by atoms with Crippen molar-refractivity contribution in [1.82, 2.24) is 15.0 Å². The van der Waals surface area contributed by atoms with E-state index in [1.54, 1.807) is 0 Å². The summed E-state index contributed by atoms with van der Waals surface area (Å²) in [6, 6.07) is 0.437. The Kier molecular flexibility index (Phi) is 3.02. The van der Waals surface area contributed by atoms with Gasteiger partial charge in [-0.3, -0.25) is 0 Å². The highest BCUT2D eigenvalue weighted by Gasteiger charge is 2.33. The molecule has 0 aromatic carbocycles. The van der Waals surface area contributed by atoms with Crippen LogP contribution in [0, 0.1) is 11.3 Å². The molecule has 0 spiro atoms. The molecule has 1 aromatic rings. The largest absolute Gasteiger partial charge is 0.390 e. The summed E-state index contributed by atoms with van der Waals surface area (Å²) in [6.07, 6.45) is 5.47. The van der Waals surface area contributed by atoms with E-state index in [1.165, 1.54) is 6.42 Å². The smallest absolute Gasteiger partial charge is 0.108 e. The molecule has 0 saturated heterocycles. The molecule has 0 radical (unpaired) electrons. The molecule has 4 nitrogen and oxygen atoms in total. The van der Waals surface area contributed by atoms with Crippen molar-refractivity contribution in [3.05, 3.63) is 11.9 Å². The van der Waals surface area contributed by atoms with Crippen molar-refractivity contribution in [2.24, 2.45) is 11.3 Å². The summed E-state index contributed by atoms with van der Waals surface area (Å²) in [7, 11) is 0. The zero-order chi connectivity index (χ0) is 11.8. The van der Waals surface area contributed by atoms with Crippen molar-refractivity contribution in [3.8, 4) is 0 Å². The van der Waals surface area contributed by atoms with Gasteiger partial charge in [-0.15, -0.1) is 5.10 Å². The van der Waals surface area contributed by atoms with E-state index < -0.39 is 0 Å². The highest BCUT2D eigenvalue weighted by atomic mass is 16.3. The maximum Gasteiger partial charge on any atom is 0.108 e. The van der Waals surface area contributed by atoms with E-state index >= 15 is 0 Å². The van der Waals surface area contributed by atoms with Crippen LogP contribution in [0.4, 0.5) is 0 Å². The van der Waals surface area contributed by atoms with E-state index in [0.717, 1.165) is 18.8 Å². The Bertz CT molecular complexity index is 359. The van der Waals surface area contributed by atoms with Crippen LogP contribution in [-0.2, 0) is 6.61 Å².